The number of benzene rings is 2. The van der Waals surface area contributed by atoms with Crippen LogP contribution in [0.3, 0.4) is 0 Å². The second-order valence-electron chi connectivity index (χ2n) is 8.04. The third-order valence-corrected chi connectivity index (χ3v) is 6.52. The van der Waals surface area contributed by atoms with Crippen LogP contribution in [0.1, 0.15) is 46.0 Å². The topological polar surface area (TPSA) is 75.8 Å². The van der Waals surface area contributed by atoms with E-state index in [2.05, 4.69) is 0 Å². The van der Waals surface area contributed by atoms with Crippen molar-refractivity contribution >= 4 is 17.5 Å². The maximum absolute atomic E-state index is 12.7. The number of hydrogen-bond donors (Lipinski definition) is 2. The maximum Gasteiger partial charge on any atom is 0.253 e. The van der Waals surface area contributed by atoms with Gasteiger partial charge in [-0.3, -0.25) is 4.79 Å². The summed E-state index contributed by atoms with van der Waals surface area (Å²) in [4.78, 5) is 14.6. The Balaban J connectivity index is 1.44. The van der Waals surface area contributed by atoms with Crippen molar-refractivity contribution in [2.45, 2.75) is 38.4 Å². The number of piperidine rings is 1. The molecule has 0 spiro atoms. The van der Waals surface area contributed by atoms with Gasteiger partial charge >= 0.3 is 0 Å². The number of rotatable bonds is 3. The van der Waals surface area contributed by atoms with Crippen LogP contribution in [-0.4, -0.2) is 41.7 Å². The number of nitrogens with zero attached hydrogens (tertiary/aromatic N) is 1. The summed E-state index contributed by atoms with van der Waals surface area (Å²) in [7, 11) is 0. The van der Waals surface area contributed by atoms with Crippen LogP contribution in [0, 0.1) is 12.8 Å². The summed E-state index contributed by atoms with van der Waals surface area (Å²) in [5, 5.41) is 11.2. The Morgan fingerprint density at radius 2 is 1.90 bits per heavy atom. The Kier molecular flexibility index (Phi) is 5.81. The predicted molar refractivity (Wildman–Crippen MR) is 113 cm³/mol. The molecule has 2 aromatic rings. The van der Waals surface area contributed by atoms with Crippen LogP contribution in [0.2, 0.25) is 5.02 Å². The predicted octanol–water partition coefficient (Wildman–Crippen LogP) is 3.85. The van der Waals surface area contributed by atoms with E-state index < -0.39 is 0 Å². The first-order valence-corrected chi connectivity index (χ1v) is 10.6. The van der Waals surface area contributed by atoms with Crippen LogP contribution >= 0.6 is 11.6 Å². The second kappa shape index (κ2) is 8.34. The SMILES string of the molecule is Cc1ccc2c(c1O)CC(C1CCN(C(=O)c3ccc(Cl)cc3)CC1)OC2CN. The van der Waals surface area contributed by atoms with Crippen molar-refractivity contribution in [2.75, 3.05) is 19.6 Å². The Bertz CT molecular complexity index is 892. The summed E-state index contributed by atoms with van der Waals surface area (Å²) in [6.45, 7) is 3.70. The number of ether oxygens (including phenoxy) is 1. The van der Waals surface area contributed by atoms with E-state index in [9.17, 15) is 9.90 Å². The van der Waals surface area contributed by atoms with Gasteiger partial charge < -0.3 is 20.5 Å². The van der Waals surface area contributed by atoms with Gasteiger partial charge in [-0.2, -0.15) is 0 Å². The maximum atomic E-state index is 12.7. The molecule has 2 unspecified atom stereocenters. The molecule has 154 valence electrons. The van der Waals surface area contributed by atoms with Gasteiger partial charge in [-0.25, -0.2) is 0 Å². The number of phenolic OH excluding ortho intramolecular Hbond substituents is 1. The Morgan fingerprint density at radius 3 is 2.55 bits per heavy atom. The molecular formula is C23H27ClN2O3. The highest BCUT2D eigenvalue weighted by Crippen LogP contribution is 2.40. The number of fused-ring (bicyclic) bond motifs is 1. The molecule has 4 rings (SSSR count). The molecule has 2 aromatic carbocycles. The molecule has 29 heavy (non-hydrogen) atoms. The van der Waals surface area contributed by atoms with E-state index in [1.54, 1.807) is 24.3 Å². The first kappa shape index (κ1) is 20.2. The highest BCUT2D eigenvalue weighted by molar-refractivity contribution is 6.30. The molecule has 1 amide bonds. The van der Waals surface area contributed by atoms with Crippen molar-refractivity contribution in [3.63, 3.8) is 0 Å². The molecule has 0 saturated carbocycles. The van der Waals surface area contributed by atoms with Crippen molar-refractivity contribution in [3.8, 4) is 5.75 Å². The Morgan fingerprint density at radius 1 is 1.21 bits per heavy atom. The first-order valence-electron chi connectivity index (χ1n) is 10.2. The average Bonchev–Trinajstić information content (AvgIpc) is 2.76. The second-order valence-corrected chi connectivity index (χ2v) is 8.47. The number of hydrogen-bond acceptors (Lipinski definition) is 4. The van der Waals surface area contributed by atoms with Crippen LogP contribution in [0.4, 0.5) is 0 Å². The standard InChI is InChI=1S/C23H27ClN2O3/c1-14-2-7-18-19(22(14)27)12-20(29-21(18)13-25)15-8-10-26(11-9-15)23(28)16-3-5-17(24)6-4-16/h2-7,15,20-21,27H,8-13,25H2,1H3. The lowest BCUT2D eigenvalue weighted by molar-refractivity contribution is -0.0632. The molecule has 1 fully saturated rings. The van der Waals surface area contributed by atoms with Crippen molar-refractivity contribution in [1.29, 1.82) is 0 Å². The summed E-state index contributed by atoms with van der Waals surface area (Å²) < 4.78 is 6.34. The normalized spacial score (nSPS) is 22.4. The Labute approximate surface area is 176 Å². The highest BCUT2D eigenvalue weighted by Gasteiger charge is 2.36. The van der Waals surface area contributed by atoms with Crippen molar-refractivity contribution in [1.82, 2.24) is 4.90 Å². The molecule has 0 aliphatic carbocycles. The third-order valence-electron chi connectivity index (χ3n) is 6.27. The number of aryl methyl sites for hydroxylation is 1. The number of carbonyl (C=O) groups is 1. The van der Waals surface area contributed by atoms with Gasteiger partial charge in [-0.1, -0.05) is 23.7 Å². The summed E-state index contributed by atoms with van der Waals surface area (Å²) in [6.07, 6.45) is 2.27. The minimum atomic E-state index is -0.191. The smallest absolute Gasteiger partial charge is 0.253 e. The summed E-state index contributed by atoms with van der Waals surface area (Å²) >= 11 is 5.92. The molecule has 0 radical (unpaired) electrons. The number of halogens is 1. The van der Waals surface area contributed by atoms with Gasteiger partial charge in [0.25, 0.3) is 5.91 Å². The number of likely N-dealkylation sites (tertiary alicyclic amines) is 1. The zero-order valence-electron chi connectivity index (χ0n) is 16.6. The fraction of sp³-hybridized carbons (Fsp3) is 0.435. The van der Waals surface area contributed by atoms with Crippen LogP contribution in [-0.2, 0) is 11.2 Å². The quantitative estimate of drug-likeness (QED) is 0.799. The number of aromatic hydroxyl groups is 1. The van der Waals surface area contributed by atoms with E-state index >= 15 is 0 Å². The van der Waals surface area contributed by atoms with Gasteiger partial charge in [-0.05, 0) is 61.1 Å². The molecule has 2 aliphatic heterocycles. The molecule has 6 heteroatoms. The van der Waals surface area contributed by atoms with Crippen molar-refractivity contribution in [2.24, 2.45) is 11.7 Å². The van der Waals surface area contributed by atoms with Gasteiger partial charge in [0.05, 0.1) is 12.2 Å². The van der Waals surface area contributed by atoms with E-state index in [4.69, 9.17) is 22.1 Å². The van der Waals surface area contributed by atoms with Crippen molar-refractivity contribution < 1.29 is 14.6 Å². The lowest BCUT2D eigenvalue weighted by Gasteiger charge is -2.40. The van der Waals surface area contributed by atoms with Gasteiger partial charge in [0, 0.05) is 42.2 Å². The number of nitrogens with two attached hydrogens (primary N) is 1. The lowest BCUT2D eigenvalue weighted by Crippen LogP contribution is -2.44. The fourth-order valence-corrected chi connectivity index (χ4v) is 4.65. The molecule has 2 atom stereocenters. The zero-order valence-corrected chi connectivity index (χ0v) is 17.4. The van der Waals surface area contributed by atoms with Crippen LogP contribution in [0.25, 0.3) is 0 Å². The molecule has 3 N–H and O–H groups in total. The minimum Gasteiger partial charge on any atom is -0.507 e. The fourth-order valence-electron chi connectivity index (χ4n) is 4.53. The van der Waals surface area contributed by atoms with Crippen LogP contribution < -0.4 is 5.73 Å². The summed E-state index contributed by atoms with van der Waals surface area (Å²) in [6, 6.07) is 11.0. The summed E-state index contributed by atoms with van der Waals surface area (Å²) in [5.74, 6) is 0.749. The van der Waals surface area contributed by atoms with E-state index in [1.165, 1.54) is 0 Å². The molecule has 2 heterocycles. The van der Waals surface area contributed by atoms with Gasteiger partial charge in [-0.15, -0.1) is 0 Å². The van der Waals surface area contributed by atoms with E-state index in [-0.39, 0.29) is 18.1 Å². The van der Waals surface area contributed by atoms with Gasteiger partial charge in [0.1, 0.15) is 5.75 Å². The Hall–Kier alpha value is -2.08. The average molecular weight is 415 g/mol. The molecule has 0 aromatic heterocycles. The molecule has 5 nitrogen and oxygen atoms in total. The molecule has 1 saturated heterocycles. The van der Waals surface area contributed by atoms with E-state index in [0.29, 0.717) is 48.3 Å². The molecule has 2 aliphatic rings. The first-order chi connectivity index (χ1) is 14.0. The van der Waals surface area contributed by atoms with Crippen LogP contribution in [0.5, 0.6) is 5.75 Å². The summed E-state index contributed by atoms with van der Waals surface area (Å²) in [5.41, 5.74) is 9.48. The number of amides is 1. The van der Waals surface area contributed by atoms with Gasteiger partial charge in [0.15, 0.2) is 0 Å². The monoisotopic (exact) mass is 414 g/mol. The molecular weight excluding hydrogens is 388 g/mol. The molecule has 0 bridgehead atoms. The zero-order chi connectivity index (χ0) is 20.5. The number of phenols is 1. The number of carbonyl (C=O) groups excluding carboxylic acids is 1. The highest BCUT2D eigenvalue weighted by atomic mass is 35.5. The van der Waals surface area contributed by atoms with Crippen LogP contribution in [0.15, 0.2) is 36.4 Å². The van der Waals surface area contributed by atoms with Crippen molar-refractivity contribution in [3.05, 3.63) is 63.7 Å². The minimum absolute atomic E-state index is 0.0107. The third kappa shape index (κ3) is 4.00. The largest absolute Gasteiger partial charge is 0.507 e. The van der Waals surface area contributed by atoms with E-state index in [1.807, 2.05) is 24.0 Å². The van der Waals surface area contributed by atoms with Gasteiger partial charge in [0.2, 0.25) is 0 Å². The van der Waals surface area contributed by atoms with E-state index in [0.717, 1.165) is 29.5 Å². The lowest BCUT2D eigenvalue weighted by atomic mass is 9.83.